The van der Waals surface area contributed by atoms with Crippen molar-refractivity contribution in [1.82, 2.24) is 0 Å². The van der Waals surface area contributed by atoms with E-state index in [2.05, 4.69) is 4.74 Å². The molecule has 0 aromatic heterocycles. The van der Waals surface area contributed by atoms with Gasteiger partial charge in [0, 0.05) is 0 Å². The van der Waals surface area contributed by atoms with Gasteiger partial charge in [0.05, 0.1) is 7.11 Å². The van der Waals surface area contributed by atoms with E-state index in [1.165, 1.54) is 13.2 Å². The summed E-state index contributed by atoms with van der Waals surface area (Å²) in [6.07, 6.45) is 1.22. The second-order valence-electron chi connectivity index (χ2n) is 3.65. The van der Waals surface area contributed by atoms with Gasteiger partial charge in [0.1, 0.15) is 0 Å². The molecule has 0 aliphatic carbocycles. The van der Waals surface area contributed by atoms with Crippen LogP contribution in [0.4, 0.5) is 4.39 Å². The number of ether oxygens (including phenoxy) is 1. The number of hydrogen-bond donors (Lipinski definition) is 0. The van der Waals surface area contributed by atoms with Crippen LogP contribution in [0.1, 0.15) is 20.8 Å². The SMILES string of the molecule is COC(=O)[C@H](F)/C=C/C(C)(C)C. The molecule has 12 heavy (non-hydrogen) atoms. The summed E-state index contributed by atoms with van der Waals surface area (Å²) in [5.74, 6) is -0.851. The minimum atomic E-state index is -1.64. The number of carbonyl (C=O) groups is 1. The number of esters is 1. The highest BCUT2D eigenvalue weighted by atomic mass is 19.1. The zero-order chi connectivity index (χ0) is 9.78. The standard InChI is InChI=1S/C9H15FO2/c1-9(2,3)6-5-7(10)8(11)12-4/h5-7H,1-4H3/b6-5+/t7-/m1/s1. The summed E-state index contributed by atoms with van der Waals surface area (Å²) >= 11 is 0. The third-order valence-electron chi connectivity index (χ3n) is 1.19. The van der Waals surface area contributed by atoms with Crippen molar-refractivity contribution in [2.24, 2.45) is 5.41 Å². The van der Waals surface area contributed by atoms with E-state index in [-0.39, 0.29) is 5.41 Å². The zero-order valence-corrected chi connectivity index (χ0v) is 7.93. The van der Waals surface area contributed by atoms with Crippen LogP contribution in [0.2, 0.25) is 0 Å². The molecule has 0 spiro atoms. The van der Waals surface area contributed by atoms with Crippen LogP contribution in [0.3, 0.4) is 0 Å². The average molecular weight is 174 g/mol. The Hall–Kier alpha value is -0.860. The van der Waals surface area contributed by atoms with Gasteiger partial charge in [-0.2, -0.15) is 0 Å². The highest BCUT2D eigenvalue weighted by Crippen LogP contribution is 2.15. The van der Waals surface area contributed by atoms with Crippen LogP contribution >= 0.6 is 0 Å². The van der Waals surface area contributed by atoms with Gasteiger partial charge in [0.2, 0.25) is 6.17 Å². The summed E-state index contributed by atoms with van der Waals surface area (Å²) in [5.41, 5.74) is -0.113. The average Bonchev–Trinajstić information content (AvgIpc) is 1.97. The Bertz CT molecular complexity index is 179. The van der Waals surface area contributed by atoms with Gasteiger partial charge in [-0.15, -0.1) is 0 Å². The number of rotatable bonds is 2. The lowest BCUT2D eigenvalue weighted by Crippen LogP contribution is -2.15. The quantitative estimate of drug-likeness (QED) is 0.473. The fraction of sp³-hybridized carbons (Fsp3) is 0.667. The normalized spacial score (nSPS) is 14.8. The molecule has 1 atom stereocenters. The molecular formula is C9H15FO2. The Morgan fingerprint density at radius 3 is 2.33 bits per heavy atom. The summed E-state index contributed by atoms with van der Waals surface area (Å²) in [7, 11) is 1.17. The molecule has 0 aromatic rings. The van der Waals surface area contributed by atoms with E-state index in [9.17, 15) is 9.18 Å². The lowest BCUT2D eigenvalue weighted by molar-refractivity contribution is -0.144. The maximum absolute atomic E-state index is 12.8. The Labute approximate surface area is 72.4 Å². The van der Waals surface area contributed by atoms with E-state index in [0.29, 0.717) is 0 Å². The van der Waals surface area contributed by atoms with Crippen LogP contribution in [0.15, 0.2) is 12.2 Å². The molecule has 0 saturated heterocycles. The van der Waals surface area contributed by atoms with Gasteiger partial charge in [-0.25, -0.2) is 9.18 Å². The van der Waals surface area contributed by atoms with Gasteiger partial charge >= 0.3 is 5.97 Å². The molecule has 0 unspecified atom stereocenters. The molecule has 0 radical (unpaired) electrons. The molecular weight excluding hydrogens is 159 g/mol. The predicted octanol–water partition coefficient (Wildman–Crippen LogP) is 2.10. The van der Waals surface area contributed by atoms with Crippen molar-refractivity contribution in [1.29, 1.82) is 0 Å². The van der Waals surface area contributed by atoms with Crippen LogP contribution < -0.4 is 0 Å². The van der Waals surface area contributed by atoms with E-state index in [0.717, 1.165) is 0 Å². The molecule has 0 aliphatic heterocycles. The van der Waals surface area contributed by atoms with Crippen molar-refractivity contribution in [2.45, 2.75) is 26.9 Å². The second kappa shape index (κ2) is 4.24. The predicted molar refractivity (Wildman–Crippen MR) is 45.5 cm³/mol. The van der Waals surface area contributed by atoms with Gasteiger partial charge in [-0.3, -0.25) is 0 Å². The van der Waals surface area contributed by atoms with Crippen LogP contribution in [-0.2, 0) is 9.53 Å². The topological polar surface area (TPSA) is 26.3 Å². The van der Waals surface area contributed by atoms with E-state index >= 15 is 0 Å². The number of alkyl halides is 1. The minimum Gasteiger partial charge on any atom is -0.467 e. The number of carbonyl (C=O) groups excluding carboxylic acids is 1. The number of hydrogen-bond acceptors (Lipinski definition) is 2. The van der Waals surface area contributed by atoms with E-state index in [1.807, 2.05) is 20.8 Å². The van der Waals surface area contributed by atoms with Crippen molar-refractivity contribution in [2.75, 3.05) is 7.11 Å². The molecule has 0 aromatic carbocycles. The highest BCUT2D eigenvalue weighted by Gasteiger charge is 2.14. The van der Waals surface area contributed by atoms with Crippen molar-refractivity contribution in [3.8, 4) is 0 Å². The molecule has 3 heteroatoms. The summed E-state index contributed by atoms with van der Waals surface area (Å²) in [6, 6.07) is 0. The Kier molecular flexibility index (Phi) is 3.93. The summed E-state index contributed by atoms with van der Waals surface area (Å²) < 4.78 is 17.0. The maximum atomic E-state index is 12.8. The molecule has 0 aliphatic rings. The Morgan fingerprint density at radius 2 is 2.00 bits per heavy atom. The van der Waals surface area contributed by atoms with Gasteiger partial charge in [-0.05, 0) is 11.5 Å². The monoisotopic (exact) mass is 174 g/mol. The zero-order valence-electron chi connectivity index (χ0n) is 7.93. The third-order valence-corrected chi connectivity index (χ3v) is 1.19. The second-order valence-corrected chi connectivity index (χ2v) is 3.65. The first-order valence-corrected chi connectivity index (χ1v) is 3.78. The lowest BCUT2D eigenvalue weighted by atomic mass is 9.96. The maximum Gasteiger partial charge on any atom is 0.344 e. The van der Waals surface area contributed by atoms with Crippen molar-refractivity contribution in [3.63, 3.8) is 0 Å². The number of halogens is 1. The van der Waals surface area contributed by atoms with E-state index < -0.39 is 12.1 Å². The smallest absolute Gasteiger partial charge is 0.344 e. The molecule has 0 rings (SSSR count). The molecule has 0 heterocycles. The summed E-state index contributed by atoms with van der Waals surface area (Å²) in [6.45, 7) is 5.77. The first kappa shape index (κ1) is 11.1. The molecule has 0 N–H and O–H groups in total. The van der Waals surface area contributed by atoms with Gasteiger partial charge in [0.15, 0.2) is 0 Å². The summed E-state index contributed by atoms with van der Waals surface area (Å²) in [4.78, 5) is 10.6. The molecule has 0 amide bonds. The van der Waals surface area contributed by atoms with Crippen LogP contribution in [0.25, 0.3) is 0 Å². The molecule has 70 valence electrons. The van der Waals surface area contributed by atoms with Crippen LogP contribution in [0, 0.1) is 5.41 Å². The van der Waals surface area contributed by atoms with Crippen molar-refractivity contribution in [3.05, 3.63) is 12.2 Å². The molecule has 2 nitrogen and oxygen atoms in total. The van der Waals surface area contributed by atoms with Crippen LogP contribution in [0.5, 0.6) is 0 Å². The number of methoxy groups -OCH3 is 1. The van der Waals surface area contributed by atoms with Gasteiger partial charge in [0.25, 0.3) is 0 Å². The van der Waals surface area contributed by atoms with E-state index in [1.54, 1.807) is 6.08 Å². The van der Waals surface area contributed by atoms with Crippen molar-refractivity contribution < 1.29 is 13.9 Å². The molecule has 0 fully saturated rings. The molecule has 0 saturated carbocycles. The summed E-state index contributed by atoms with van der Waals surface area (Å²) in [5, 5.41) is 0. The largest absolute Gasteiger partial charge is 0.467 e. The van der Waals surface area contributed by atoms with E-state index in [4.69, 9.17) is 0 Å². The van der Waals surface area contributed by atoms with Gasteiger partial charge < -0.3 is 4.74 Å². The lowest BCUT2D eigenvalue weighted by Gasteiger charge is -2.11. The Balaban J connectivity index is 4.09. The molecule has 0 bridgehead atoms. The first-order chi connectivity index (χ1) is 5.37. The fourth-order valence-corrected chi connectivity index (χ4v) is 0.564. The van der Waals surface area contributed by atoms with Crippen molar-refractivity contribution >= 4 is 5.97 Å². The third kappa shape index (κ3) is 4.88. The minimum absolute atomic E-state index is 0.113. The van der Waals surface area contributed by atoms with Crippen LogP contribution in [-0.4, -0.2) is 19.3 Å². The fourth-order valence-electron chi connectivity index (χ4n) is 0.564. The first-order valence-electron chi connectivity index (χ1n) is 3.78. The number of allylic oxidation sites excluding steroid dienone is 1. The van der Waals surface area contributed by atoms with Gasteiger partial charge in [-0.1, -0.05) is 26.8 Å². The Morgan fingerprint density at radius 1 is 1.50 bits per heavy atom. The highest BCUT2D eigenvalue weighted by molar-refractivity contribution is 5.76.